The Bertz CT molecular complexity index is 214. The van der Waals surface area contributed by atoms with Crippen LogP contribution in [0.15, 0.2) is 5.16 Å². The van der Waals surface area contributed by atoms with E-state index in [1.807, 2.05) is 6.92 Å². The second-order valence-corrected chi connectivity index (χ2v) is 2.65. The SMILES string of the molecule is CCOC1=NOC(COC(C)=O)C1. The lowest BCUT2D eigenvalue weighted by Gasteiger charge is -2.06. The van der Waals surface area contributed by atoms with Crippen LogP contribution in [0.4, 0.5) is 0 Å². The van der Waals surface area contributed by atoms with Crippen LogP contribution in [-0.2, 0) is 19.1 Å². The summed E-state index contributed by atoms with van der Waals surface area (Å²) < 4.78 is 9.88. The van der Waals surface area contributed by atoms with Gasteiger partial charge in [-0.15, -0.1) is 0 Å². The Morgan fingerprint density at radius 2 is 2.54 bits per heavy atom. The molecule has 0 aliphatic carbocycles. The normalized spacial score (nSPS) is 20.5. The van der Waals surface area contributed by atoms with Crippen LogP contribution in [0.3, 0.4) is 0 Å². The highest BCUT2D eigenvalue weighted by atomic mass is 16.7. The van der Waals surface area contributed by atoms with Crippen molar-refractivity contribution < 1.29 is 19.1 Å². The fourth-order valence-electron chi connectivity index (χ4n) is 0.954. The molecule has 1 heterocycles. The van der Waals surface area contributed by atoms with Gasteiger partial charge in [-0.25, -0.2) is 0 Å². The molecule has 0 aromatic heterocycles. The number of ether oxygens (including phenoxy) is 2. The molecule has 0 saturated carbocycles. The first kappa shape index (κ1) is 9.83. The van der Waals surface area contributed by atoms with Crippen molar-refractivity contribution in [2.75, 3.05) is 13.2 Å². The van der Waals surface area contributed by atoms with Crippen LogP contribution in [0.1, 0.15) is 20.3 Å². The van der Waals surface area contributed by atoms with E-state index in [9.17, 15) is 4.79 Å². The fraction of sp³-hybridized carbons (Fsp3) is 0.750. The van der Waals surface area contributed by atoms with E-state index in [0.717, 1.165) is 0 Å². The van der Waals surface area contributed by atoms with Crippen LogP contribution in [0, 0.1) is 0 Å². The van der Waals surface area contributed by atoms with E-state index >= 15 is 0 Å². The molecule has 1 aliphatic heterocycles. The minimum Gasteiger partial charge on any atom is -0.479 e. The maximum atomic E-state index is 10.5. The van der Waals surface area contributed by atoms with E-state index in [4.69, 9.17) is 14.3 Å². The summed E-state index contributed by atoms with van der Waals surface area (Å²) in [5.41, 5.74) is 0. The number of oxime groups is 1. The zero-order valence-electron chi connectivity index (χ0n) is 7.78. The van der Waals surface area contributed by atoms with Gasteiger partial charge in [0.05, 0.1) is 13.0 Å². The van der Waals surface area contributed by atoms with Crippen LogP contribution >= 0.6 is 0 Å². The van der Waals surface area contributed by atoms with Gasteiger partial charge in [-0.2, -0.15) is 0 Å². The van der Waals surface area contributed by atoms with Crippen LogP contribution in [0.25, 0.3) is 0 Å². The Morgan fingerprint density at radius 3 is 3.15 bits per heavy atom. The number of nitrogens with zero attached hydrogens (tertiary/aromatic N) is 1. The molecule has 0 aromatic rings. The zero-order valence-corrected chi connectivity index (χ0v) is 7.78. The Morgan fingerprint density at radius 1 is 1.77 bits per heavy atom. The molecule has 1 unspecified atom stereocenters. The third-order valence-electron chi connectivity index (χ3n) is 1.49. The van der Waals surface area contributed by atoms with Gasteiger partial charge in [-0.3, -0.25) is 4.79 Å². The largest absolute Gasteiger partial charge is 0.479 e. The van der Waals surface area contributed by atoms with Gasteiger partial charge in [-0.05, 0) is 6.92 Å². The van der Waals surface area contributed by atoms with Gasteiger partial charge in [0.25, 0.3) is 0 Å². The standard InChI is InChI=1S/C8H13NO4/c1-3-11-8-4-7(13-9-8)5-12-6(2)10/h7H,3-5H2,1-2H3. The van der Waals surface area contributed by atoms with E-state index < -0.39 is 0 Å². The van der Waals surface area contributed by atoms with Gasteiger partial charge in [-0.1, -0.05) is 5.16 Å². The quantitative estimate of drug-likeness (QED) is 0.610. The molecule has 74 valence electrons. The van der Waals surface area contributed by atoms with Crippen molar-refractivity contribution in [3.8, 4) is 0 Å². The zero-order chi connectivity index (χ0) is 9.68. The average Bonchev–Trinajstić information content (AvgIpc) is 2.50. The summed E-state index contributed by atoms with van der Waals surface area (Å²) in [6, 6.07) is 0. The third kappa shape index (κ3) is 3.31. The summed E-state index contributed by atoms with van der Waals surface area (Å²) in [5, 5.41) is 3.69. The number of hydrogen-bond acceptors (Lipinski definition) is 5. The first-order valence-corrected chi connectivity index (χ1v) is 4.21. The van der Waals surface area contributed by atoms with Crippen molar-refractivity contribution in [1.82, 2.24) is 0 Å². The maximum absolute atomic E-state index is 10.5. The van der Waals surface area contributed by atoms with Crippen LogP contribution < -0.4 is 0 Å². The number of esters is 1. The Labute approximate surface area is 76.6 Å². The number of rotatable bonds is 3. The molecule has 5 heteroatoms. The highest BCUT2D eigenvalue weighted by molar-refractivity contribution is 5.77. The predicted octanol–water partition coefficient (Wildman–Crippen LogP) is 0.688. The molecule has 0 spiro atoms. The lowest BCUT2D eigenvalue weighted by Crippen LogP contribution is -2.18. The first-order chi connectivity index (χ1) is 6.22. The molecule has 0 radical (unpaired) electrons. The van der Waals surface area contributed by atoms with Gasteiger partial charge in [0, 0.05) is 6.92 Å². The summed E-state index contributed by atoms with van der Waals surface area (Å²) in [6.45, 7) is 4.04. The van der Waals surface area contributed by atoms with Gasteiger partial charge < -0.3 is 14.3 Å². The van der Waals surface area contributed by atoms with E-state index in [1.54, 1.807) is 0 Å². The van der Waals surface area contributed by atoms with E-state index in [1.165, 1.54) is 6.92 Å². The molecule has 5 nitrogen and oxygen atoms in total. The second kappa shape index (κ2) is 4.69. The van der Waals surface area contributed by atoms with E-state index in [0.29, 0.717) is 18.9 Å². The van der Waals surface area contributed by atoms with E-state index in [2.05, 4.69) is 5.16 Å². The lowest BCUT2D eigenvalue weighted by atomic mass is 10.3. The Balaban J connectivity index is 2.17. The van der Waals surface area contributed by atoms with Crippen molar-refractivity contribution in [3.05, 3.63) is 0 Å². The first-order valence-electron chi connectivity index (χ1n) is 4.21. The molecule has 1 rings (SSSR count). The molecular weight excluding hydrogens is 174 g/mol. The second-order valence-electron chi connectivity index (χ2n) is 2.65. The molecule has 0 fully saturated rings. The minimum atomic E-state index is -0.312. The highest BCUT2D eigenvalue weighted by Gasteiger charge is 2.22. The minimum absolute atomic E-state index is 0.189. The van der Waals surface area contributed by atoms with Crippen molar-refractivity contribution in [2.24, 2.45) is 5.16 Å². The molecule has 13 heavy (non-hydrogen) atoms. The number of carbonyl (C=O) groups excluding carboxylic acids is 1. The van der Waals surface area contributed by atoms with Crippen LogP contribution in [-0.4, -0.2) is 31.2 Å². The predicted molar refractivity (Wildman–Crippen MR) is 45.2 cm³/mol. The number of hydrogen-bond donors (Lipinski definition) is 0. The third-order valence-corrected chi connectivity index (χ3v) is 1.49. The highest BCUT2D eigenvalue weighted by Crippen LogP contribution is 2.11. The van der Waals surface area contributed by atoms with Gasteiger partial charge in [0.1, 0.15) is 6.61 Å². The summed E-state index contributed by atoms with van der Waals surface area (Å²) in [5.74, 6) is 0.258. The smallest absolute Gasteiger partial charge is 0.302 e. The summed E-state index contributed by atoms with van der Waals surface area (Å²) >= 11 is 0. The van der Waals surface area contributed by atoms with Gasteiger partial charge in [0.15, 0.2) is 6.10 Å². The lowest BCUT2D eigenvalue weighted by molar-refractivity contribution is -0.144. The monoisotopic (exact) mass is 187 g/mol. The molecule has 0 saturated heterocycles. The van der Waals surface area contributed by atoms with Crippen molar-refractivity contribution in [2.45, 2.75) is 26.4 Å². The summed E-state index contributed by atoms with van der Waals surface area (Å²) in [6.07, 6.45) is 0.381. The maximum Gasteiger partial charge on any atom is 0.302 e. The van der Waals surface area contributed by atoms with Gasteiger partial charge in [0.2, 0.25) is 5.90 Å². The molecular formula is C8H13NO4. The van der Waals surface area contributed by atoms with Crippen molar-refractivity contribution >= 4 is 11.9 Å². The molecule has 0 N–H and O–H groups in total. The molecule has 0 aromatic carbocycles. The number of carbonyl (C=O) groups is 1. The Hall–Kier alpha value is -1.26. The molecule has 1 aliphatic rings. The van der Waals surface area contributed by atoms with Crippen LogP contribution in [0.2, 0.25) is 0 Å². The van der Waals surface area contributed by atoms with Crippen LogP contribution in [0.5, 0.6) is 0 Å². The average molecular weight is 187 g/mol. The molecule has 0 bridgehead atoms. The molecule has 0 amide bonds. The van der Waals surface area contributed by atoms with Crippen molar-refractivity contribution in [1.29, 1.82) is 0 Å². The summed E-state index contributed by atoms with van der Waals surface area (Å²) in [7, 11) is 0. The topological polar surface area (TPSA) is 57.1 Å². The Kier molecular flexibility index (Phi) is 3.54. The van der Waals surface area contributed by atoms with Crippen molar-refractivity contribution in [3.63, 3.8) is 0 Å². The molecule has 1 atom stereocenters. The van der Waals surface area contributed by atoms with E-state index in [-0.39, 0.29) is 18.7 Å². The summed E-state index contributed by atoms with van der Waals surface area (Å²) in [4.78, 5) is 15.4. The van der Waals surface area contributed by atoms with Gasteiger partial charge >= 0.3 is 5.97 Å². The fourth-order valence-corrected chi connectivity index (χ4v) is 0.954.